The van der Waals surface area contributed by atoms with E-state index in [1.54, 1.807) is 24.3 Å². The van der Waals surface area contributed by atoms with E-state index in [0.29, 0.717) is 17.1 Å². The van der Waals surface area contributed by atoms with Crippen LogP contribution in [0.2, 0.25) is 0 Å². The highest BCUT2D eigenvalue weighted by molar-refractivity contribution is 6.13. The van der Waals surface area contributed by atoms with Gasteiger partial charge in [0, 0.05) is 0 Å². The molecule has 2 aromatic rings. The first-order valence-corrected chi connectivity index (χ1v) is 8.66. The number of imide groups is 1. The molecular weight excluding hydrogens is 356 g/mol. The maximum Gasteiger partial charge on any atom is 0.329 e. The lowest BCUT2D eigenvalue weighted by Gasteiger charge is -2.12. The Balaban J connectivity index is 1.80. The molecule has 1 aliphatic rings. The summed E-state index contributed by atoms with van der Waals surface area (Å²) in [7, 11) is 1.51. The molecule has 0 bridgehead atoms. The van der Waals surface area contributed by atoms with Crippen molar-refractivity contribution in [2.75, 3.05) is 13.7 Å². The molecule has 0 spiro atoms. The molecule has 1 saturated heterocycles. The zero-order chi connectivity index (χ0) is 20.1. The zero-order valence-corrected chi connectivity index (χ0v) is 15.7. The summed E-state index contributed by atoms with van der Waals surface area (Å²) in [5.74, 6) is 3.00. The number of hydrogen-bond acceptors (Lipinski definition) is 4. The normalized spacial score (nSPS) is 14.8. The molecule has 6 nitrogen and oxygen atoms in total. The molecule has 3 rings (SSSR count). The Kier molecular flexibility index (Phi) is 5.66. The first-order valence-electron chi connectivity index (χ1n) is 8.66. The van der Waals surface area contributed by atoms with Crippen molar-refractivity contribution in [2.24, 2.45) is 0 Å². The van der Waals surface area contributed by atoms with Crippen LogP contribution in [-0.2, 0) is 11.3 Å². The number of benzene rings is 2. The molecule has 1 aliphatic heterocycles. The van der Waals surface area contributed by atoms with Crippen LogP contribution < -0.4 is 14.8 Å². The molecule has 28 heavy (non-hydrogen) atoms. The second-order valence-electron chi connectivity index (χ2n) is 6.27. The Hall–Kier alpha value is -3.72. The van der Waals surface area contributed by atoms with Crippen molar-refractivity contribution in [1.29, 1.82) is 0 Å². The summed E-state index contributed by atoms with van der Waals surface area (Å²) in [6.45, 7) is 2.30. The number of nitrogens with one attached hydrogen (secondary N) is 1. The number of hydrogen-bond donors (Lipinski definition) is 1. The van der Waals surface area contributed by atoms with Gasteiger partial charge in [0.15, 0.2) is 11.5 Å². The van der Waals surface area contributed by atoms with E-state index in [4.69, 9.17) is 15.9 Å². The van der Waals surface area contributed by atoms with E-state index in [2.05, 4.69) is 11.2 Å². The van der Waals surface area contributed by atoms with Crippen LogP contribution in [0.3, 0.4) is 0 Å². The van der Waals surface area contributed by atoms with Gasteiger partial charge >= 0.3 is 6.03 Å². The van der Waals surface area contributed by atoms with Gasteiger partial charge in [0.25, 0.3) is 5.91 Å². The second-order valence-corrected chi connectivity index (χ2v) is 6.27. The monoisotopic (exact) mass is 376 g/mol. The van der Waals surface area contributed by atoms with Crippen molar-refractivity contribution in [3.8, 4) is 23.8 Å². The van der Waals surface area contributed by atoms with Gasteiger partial charge in [-0.05, 0) is 36.3 Å². The zero-order valence-electron chi connectivity index (χ0n) is 15.7. The van der Waals surface area contributed by atoms with Crippen molar-refractivity contribution in [2.45, 2.75) is 13.5 Å². The first-order chi connectivity index (χ1) is 13.5. The fourth-order valence-corrected chi connectivity index (χ4v) is 2.89. The predicted molar refractivity (Wildman–Crippen MR) is 106 cm³/mol. The van der Waals surface area contributed by atoms with Crippen molar-refractivity contribution in [3.63, 3.8) is 0 Å². The fourth-order valence-electron chi connectivity index (χ4n) is 2.89. The molecule has 1 heterocycles. The molecular formula is C22H20N2O4. The van der Waals surface area contributed by atoms with E-state index in [0.717, 1.165) is 11.1 Å². The van der Waals surface area contributed by atoms with Crippen LogP contribution in [0.4, 0.5) is 4.79 Å². The second kappa shape index (κ2) is 8.31. The van der Waals surface area contributed by atoms with E-state index >= 15 is 0 Å². The Labute approximate surface area is 163 Å². The summed E-state index contributed by atoms with van der Waals surface area (Å²) in [6, 6.07) is 12.4. The molecule has 0 saturated carbocycles. The quantitative estimate of drug-likeness (QED) is 0.478. The average molecular weight is 376 g/mol. The summed E-state index contributed by atoms with van der Waals surface area (Å²) < 4.78 is 10.7. The first kappa shape index (κ1) is 19.1. The molecule has 0 aromatic heterocycles. The Morgan fingerprint density at radius 3 is 2.71 bits per heavy atom. The Bertz CT molecular complexity index is 988. The number of ether oxygens (including phenoxy) is 2. The number of rotatable bonds is 6. The van der Waals surface area contributed by atoms with Crippen LogP contribution in [-0.4, -0.2) is 30.6 Å². The maximum atomic E-state index is 12.7. The smallest absolute Gasteiger partial charge is 0.329 e. The largest absolute Gasteiger partial charge is 0.493 e. The number of amides is 3. The average Bonchev–Trinajstić information content (AvgIpc) is 2.94. The lowest BCUT2D eigenvalue weighted by molar-refractivity contribution is -0.123. The molecule has 2 aromatic carbocycles. The summed E-state index contributed by atoms with van der Waals surface area (Å²) in [5.41, 5.74) is 2.85. The van der Waals surface area contributed by atoms with Gasteiger partial charge in [-0.25, -0.2) is 4.79 Å². The minimum atomic E-state index is -0.446. The van der Waals surface area contributed by atoms with E-state index in [1.807, 2.05) is 31.2 Å². The van der Waals surface area contributed by atoms with Gasteiger partial charge in [0.2, 0.25) is 0 Å². The van der Waals surface area contributed by atoms with E-state index in [-0.39, 0.29) is 24.8 Å². The van der Waals surface area contributed by atoms with Gasteiger partial charge < -0.3 is 14.8 Å². The molecule has 1 N–H and O–H groups in total. The summed E-state index contributed by atoms with van der Waals surface area (Å²) in [5, 5.41) is 2.62. The van der Waals surface area contributed by atoms with Crippen molar-refractivity contribution >= 4 is 18.0 Å². The highest BCUT2D eigenvalue weighted by atomic mass is 16.5. The molecule has 142 valence electrons. The van der Waals surface area contributed by atoms with Crippen LogP contribution in [0.5, 0.6) is 11.5 Å². The van der Waals surface area contributed by atoms with Crippen molar-refractivity contribution < 1.29 is 19.1 Å². The van der Waals surface area contributed by atoms with Crippen LogP contribution >= 0.6 is 0 Å². The van der Waals surface area contributed by atoms with Gasteiger partial charge in [0.1, 0.15) is 12.3 Å². The van der Waals surface area contributed by atoms with Crippen molar-refractivity contribution in [3.05, 3.63) is 64.9 Å². The SMILES string of the molecule is C#CCOc1ccc(/C=C2/NC(=O)N(Cc3cccc(C)c3)C2=O)cc1OC. The summed E-state index contributed by atoms with van der Waals surface area (Å²) in [6.07, 6.45) is 6.80. The molecule has 0 unspecified atom stereocenters. The number of carbonyl (C=O) groups is 2. The standard InChI is InChI=1S/C22H20N2O4/c1-4-10-28-19-9-8-16(13-20(19)27-3)12-18-21(25)24(22(26)23-18)14-17-7-5-6-15(2)11-17/h1,5-9,11-13H,10,14H2,2-3H3,(H,23,26)/b18-12+. The highest BCUT2D eigenvalue weighted by Crippen LogP contribution is 2.29. The lowest BCUT2D eigenvalue weighted by Crippen LogP contribution is -2.30. The number of methoxy groups -OCH3 is 1. The molecule has 6 heteroatoms. The molecule has 3 amide bonds. The van der Waals surface area contributed by atoms with Gasteiger partial charge in [-0.2, -0.15) is 0 Å². The third-order valence-corrected chi connectivity index (χ3v) is 4.20. The van der Waals surface area contributed by atoms with Crippen LogP contribution in [0.25, 0.3) is 6.08 Å². The van der Waals surface area contributed by atoms with Crippen molar-refractivity contribution in [1.82, 2.24) is 10.2 Å². The molecule has 0 atom stereocenters. The fraction of sp³-hybridized carbons (Fsp3) is 0.182. The molecule has 1 fully saturated rings. The van der Waals surface area contributed by atoms with E-state index < -0.39 is 6.03 Å². The third-order valence-electron chi connectivity index (χ3n) is 4.20. The molecule has 0 aliphatic carbocycles. The van der Waals surface area contributed by atoms with E-state index in [1.165, 1.54) is 12.0 Å². The highest BCUT2D eigenvalue weighted by Gasteiger charge is 2.33. The van der Waals surface area contributed by atoms with Gasteiger partial charge in [-0.15, -0.1) is 6.42 Å². The maximum absolute atomic E-state index is 12.7. The number of urea groups is 1. The summed E-state index contributed by atoms with van der Waals surface area (Å²) >= 11 is 0. The predicted octanol–water partition coefficient (Wildman–Crippen LogP) is 3.11. The topological polar surface area (TPSA) is 67.9 Å². The minimum absolute atomic E-state index is 0.124. The minimum Gasteiger partial charge on any atom is -0.493 e. The van der Waals surface area contributed by atoms with E-state index in [9.17, 15) is 9.59 Å². The Morgan fingerprint density at radius 1 is 1.18 bits per heavy atom. The van der Waals surface area contributed by atoms with Crippen LogP contribution in [0.1, 0.15) is 16.7 Å². The van der Waals surface area contributed by atoms with Gasteiger partial charge in [-0.3, -0.25) is 9.69 Å². The number of carbonyl (C=O) groups excluding carboxylic acids is 2. The lowest BCUT2D eigenvalue weighted by atomic mass is 10.1. The summed E-state index contributed by atoms with van der Waals surface area (Å²) in [4.78, 5) is 26.1. The number of aryl methyl sites for hydroxylation is 1. The van der Waals surface area contributed by atoms with Gasteiger partial charge in [0.05, 0.1) is 13.7 Å². The molecule has 0 radical (unpaired) electrons. The number of nitrogens with zero attached hydrogens (tertiary/aromatic N) is 1. The number of terminal acetylenes is 1. The third kappa shape index (κ3) is 4.15. The van der Waals surface area contributed by atoms with Crippen LogP contribution in [0, 0.1) is 19.3 Å². The van der Waals surface area contributed by atoms with Crippen LogP contribution in [0.15, 0.2) is 48.2 Å². The van der Waals surface area contributed by atoms with Gasteiger partial charge in [-0.1, -0.05) is 41.8 Å². The Morgan fingerprint density at radius 2 is 2.00 bits per heavy atom.